The Kier molecular flexibility index (Phi) is 2.90. The smallest absolute Gasteiger partial charge is 0.194 e. The van der Waals surface area contributed by atoms with Crippen molar-refractivity contribution in [3.05, 3.63) is 83.4 Å². The zero-order valence-electron chi connectivity index (χ0n) is 11.8. The minimum atomic E-state index is 0.0606. The molecule has 1 aliphatic rings. The van der Waals surface area contributed by atoms with Gasteiger partial charge in [-0.2, -0.15) is 0 Å². The summed E-state index contributed by atoms with van der Waals surface area (Å²) < 4.78 is 0. The summed E-state index contributed by atoms with van der Waals surface area (Å²) in [5.41, 5.74) is 5.30. The molecule has 0 radical (unpaired) electrons. The van der Waals surface area contributed by atoms with E-state index in [4.69, 9.17) is 0 Å². The number of H-pyrrole nitrogens is 2. The van der Waals surface area contributed by atoms with E-state index in [9.17, 15) is 4.79 Å². The molecule has 0 amide bonds. The number of nitrogens with one attached hydrogen (secondary N) is 2. The molecule has 2 N–H and O–H groups in total. The van der Waals surface area contributed by atoms with Crippen LogP contribution >= 0.6 is 0 Å². The van der Waals surface area contributed by atoms with Crippen LogP contribution in [-0.4, -0.2) is 15.8 Å². The van der Waals surface area contributed by atoms with E-state index >= 15 is 0 Å². The van der Waals surface area contributed by atoms with Crippen molar-refractivity contribution >= 4 is 29.1 Å². The first-order valence-electron chi connectivity index (χ1n) is 7.17. The van der Waals surface area contributed by atoms with Crippen molar-refractivity contribution in [2.24, 2.45) is 0 Å². The number of carbonyl (C=O) groups is 1. The summed E-state index contributed by atoms with van der Waals surface area (Å²) in [5, 5.41) is 0. The third-order valence-electron chi connectivity index (χ3n) is 3.84. The highest BCUT2D eigenvalue weighted by atomic mass is 16.1. The number of allylic oxidation sites excluding steroid dienone is 2. The summed E-state index contributed by atoms with van der Waals surface area (Å²) in [6, 6.07) is 15.7. The minimum Gasteiger partial charge on any atom is -0.362 e. The first kappa shape index (κ1) is 12.7. The lowest BCUT2D eigenvalue weighted by Gasteiger charge is -1.98. The molecule has 0 spiro atoms. The van der Waals surface area contributed by atoms with Crippen molar-refractivity contribution in [2.45, 2.75) is 0 Å². The second-order valence-corrected chi connectivity index (χ2v) is 5.24. The standard InChI is InChI=1S/C19H14N2O/c22-19-17(11-13-5-3-9-20-13)15-7-1-2-8-16(15)18(19)12-14-6-4-10-21-14/h1-12,20-21H/b17-11-,18-12-. The van der Waals surface area contributed by atoms with Crippen LogP contribution in [-0.2, 0) is 4.79 Å². The predicted molar refractivity (Wildman–Crippen MR) is 88.8 cm³/mol. The lowest BCUT2D eigenvalue weighted by molar-refractivity contribution is -0.108. The maximum Gasteiger partial charge on any atom is 0.194 e. The summed E-state index contributed by atoms with van der Waals surface area (Å²) in [7, 11) is 0. The van der Waals surface area contributed by atoms with Crippen LogP contribution in [0.2, 0.25) is 0 Å². The molecule has 1 aliphatic carbocycles. The van der Waals surface area contributed by atoms with Crippen LogP contribution in [0.4, 0.5) is 0 Å². The predicted octanol–water partition coefficient (Wildman–Crippen LogP) is 4.01. The average molecular weight is 286 g/mol. The summed E-state index contributed by atoms with van der Waals surface area (Å²) >= 11 is 0. The van der Waals surface area contributed by atoms with E-state index in [2.05, 4.69) is 9.97 Å². The first-order valence-corrected chi connectivity index (χ1v) is 7.17. The fraction of sp³-hybridized carbons (Fsp3) is 0. The van der Waals surface area contributed by atoms with E-state index in [0.717, 1.165) is 33.7 Å². The molecule has 4 rings (SSSR count). The van der Waals surface area contributed by atoms with E-state index in [-0.39, 0.29) is 5.78 Å². The van der Waals surface area contributed by atoms with Gasteiger partial charge in [0.2, 0.25) is 0 Å². The Hall–Kier alpha value is -3.07. The largest absolute Gasteiger partial charge is 0.362 e. The molecule has 2 heterocycles. The normalized spacial score (nSPS) is 17.4. The number of carbonyl (C=O) groups excluding carboxylic acids is 1. The molecule has 0 aliphatic heterocycles. The summed E-state index contributed by atoms with van der Waals surface area (Å²) in [5.74, 6) is 0.0606. The number of ketones is 1. The van der Waals surface area contributed by atoms with Gasteiger partial charge in [-0.15, -0.1) is 0 Å². The van der Waals surface area contributed by atoms with Gasteiger partial charge < -0.3 is 9.97 Å². The molecular weight excluding hydrogens is 272 g/mol. The van der Waals surface area contributed by atoms with E-state index < -0.39 is 0 Å². The molecule has 106 valence electrons. The van der Waals surface area contributed by atoms with Gasteiger partial charge in [0.05, 0.1) is 0 Å². The molecule has 3 nitrogen and oxygen atoms in total. The van der Waals surface area contributed by atoms with Gasteiger partial charge in [-0.1, -0.05) is 24.3 Å². The monoisotopic (exact) mass is 286 g/mol. The molecule has 0 saturated carbocycles. The average Bonchev–Trinajstić information content (AvgIpc) is 3.27. The van der Waals surface area contributed by atoms with Gasteiger partial charge in [0.1, 0.15) is 0 Å². The molecule has 0 unspecified atom stereocenters. The third kappa shape index (κ3) is 2.04. The summed E-state index contributed by atoms with van der Waals surface area (Å²) in [6.45, 7) is 0. The number of hydrogen-bond acceptors (Lipinski definition) is 1. The Bertz CT molecular complexity index is 808. The fourth-order valence-corrected chi connectivity index (χ4v) is 2.81. The lowest BCUT2D eigenvalue weighted by atomic mass is 10.1. The van der Waals surface area contributed by atoms with Crippen LogP contribution in [0, 0.1) is 0 Å². The number of rotatable bonds is 2. The van der Waals surface area contributed by atoms with Gasteiger partial charge in [0.15, 0.2) is 5.78 Å². The highest BCUT2D eigenvalue weighted by molar-refractivity contribution is 6.51. The molecule has 1 aromatic carbocycles. The number of Topliss-reactive ketones (excluding diaryl/α,β-unsaturated/α-hetero) is 1. The van der Waals surface area contributed by atoms with Crippen molar-refractivity contribution in [1.29, 1.82) is 0 Å². The van der Waals surface area contributed by atoms with Crippen LogP contribution in [0.25, 0.3) is 23.3 Å². The first-order chi connectivity index (χ1) is 10.8. The second-order valence-electron chi connectivity index (χ2n) is 5.24. The molecule has 22 heavy (non-hydrogen) atoms. The van der Waals surface area contributed by atoms with Crippen molar-refractivity contribution < 1.29 is 4.79 Å². The third-order valence-corrected chi connectivity index (χ3v) is 3.84. The van der Waals surface area contributed by atoms with E-state index in [0.29, 0.717) is 0 Å². The van der Waals surface area contributed by atoms with Gasteiger partial charge in [0, 0.05) is 34.9 Å². The van der Waals surface area contributed by atoms with Gasteiger partial charge >= 0.3 is 0 Å². The van der Waals surface area contributed by atoms with E-state index in [1.807, 2.05) is 73.1 Å². The molecule has 0 fully saturated rings. The van der Waals surface area contributed by atoms with Gasteiger partial charge in [-0.05, 0) is 47.5 Å². The van der Waals surface area contributed by atoms with Crippen LogP contribution in [0.15, 0.2) is 60.9 Å². The number of fused-ring (bicyclic) bond motifs is 1. The number of aromatic amines is 2. The second kappa shape index (κ2) is 5.04. The van der Waals surface area contributed by atoms with Gasteiger partial charge in [-0.3, -0.25) is 4.79 Å². The molecule has 0 saturated heterocycles. The summed E-state index contributed by atoms with van der Waals surface area (Å²) in [4.78, 5) is 19.1. The number of benzene rings is 1. The Labute approximate surface area is 128 Å². The highest BCUT2D eigenvalue weighted by Gasteiger charge is 2.29. The lowest BCUT2D eigenvalue weighted by Crippen LogP contribution is -1.94. The molecule has 0 atom stereocenters. The topological polar surface area (TPSA) is 48.6 Å². The minimum absolute atomic E-state index is 0.0606. The van der Waals surface area contributed by atoms with E-state index in [1.54, 1.807) is 0 Å². The van der Waals surface area contributed by atoms with Gasteiger partial charge in [0.25, 0.3) is 0 Å². The Morgan fingerprint density at radius 3 is 1.59 bits per heavy atom. The maximum atomic E-state index is 12.9. The zero-order valence-corrected chi connectivity index (χ0v) is 11.8. The Morgan fingerprint density at radius 2 is 1.18 bits per heavy atom. The van der Waals surface area contributed by atoms with Crippen molar-refractivity contribution in [3.8, 4) is 0 Å². The highest BCUT2D eigenvalue weighted by Crippen LogP contribution is 2.39. The molecular formula is C19H14N2O. The zero-order chi connectivity index (χ0) is 14.9. The van der Waals surface area contributed by atoms with E-state index in [1.165, 1.54) is 0 Å². The quantitative estimate of drug-likeness (QED) is 0.687. The van der Waals surface area contributed by atoms with Gasteiger partial charge in [-0.25, -0.2) is 0 Å². The fourth-order valence-electron chi connectivity index (χ4n) is 2.81. The van der Waals surface area contributed by atoms with Crippen LogP contribution in [0.5, 0.6) is 0 Å². The Morgan fingerprint density at radius 1 is 0.682 bits per heavy atom. The SMILES string of the molecule is O=C1/C(=C\c2ccc[nH]2)c2ccccc2/C1=C/c1ccc[nH]1. The number of hydrogen-bond donors (Lipinski definition) is 2. The molecule has 0 bridgehead atoms. The molecule has 2 aromatic heterocycles. The number of aromatic nitrogens is 2. The summed E-state index contributed by atoms with van der Waals surface area (Å²) in [6.07, 6.45) is 7.54. The molecule has 3 heteroatoms. The van der Waals surface area contributed by atoms with Crippen LogP contribution in [0.3, 0.4) is 0 Å². The van der Waals surface area contributed by atoms with Crippen molar-refractivity contribution in [2.75, 3.05) is 0 Å². The Balaban J connectivity index is 1.89. The molecule has 3 aromatic rings. The van der Waals surface area contributed by atoms with Crippen molar-refractivity contribution in [1.82, 2.24) is 9.97 Å². The van der Waals surface area contributed by atoms with Crippen LogP contribution < -0.4 is 0 Å². The van der Waals surface area contributed by atoms with Crippen LogP contribution in [0.1, 0.15) is 22.5 Å². The van der Waals surface area contributed by atoms with Crippen molar-refractivity contribution in [3.63, 3.8) is 0 Å². The maximum absolute atomic E-state index is 12.9.